The summed E-state index contributed by atoms with van der Waals surface area (Å²) in [7, 11) is 0. The number of hydrogen-bond acceptors (Lipinski definition) is 5. The average Bonchev–Trinajstić information content (AvgIpc) is 3.38. The van der Waals surface area contributed by atoms with Gasteiger partial charge in [-0.2, -0.15) is 0 Å². The molecule has 0 unspecified atom stereocenters. The Hall–Kier alpha value is -2.61. The molecule has 1 aromatic heterocycles. The molecule has 1 saturated carbocycles. The van der Waals surface area contributed by atoms with Crippen molar-refractivity contribution in [3.05, 3.63) is 51.9 Å². The van der Waals surface area contributed by atoms with Crippen molar-refractivity contribution in [2.75, 3.05) is 11.1 Å². The largest absolute Gasteiger partial charge is 0.353 e. The number of H-pyrrole nitrogens is 1. The number of nitrogens with one attached hydrogen (secondary N) is 3. The summed E-state index contributed by atoms with van der Waals surface area (Å²) in [6, 6.07) is 9.08. The van der Waals surface area contributed by atoms with E-state index in [-0.39, 0.29) is 35.6 Å². The molecule has 3 rings (SSSR count). The van der Waals surface area contributed by atoms with Crippen molar-refractivity contribution in [1.82, 2.24) is 15.3 Å². The lowest BCUT2D eigenvalue weighted by Crippen LogP contribution is -2.28. The molecule has 2 aromatic rings. The van der Waals surface area contributed by atoms with Gasteiger partial charge in [0.25, 0.3) is 5.56 Å². The zero-order chi connectivity index (χ0) is 18.5. The van der Waals surface area contributed by atoms with Crippen LogP contribution in [0.25, 0.3) is 0 Å². The quantitative estimate of drug-likeness (QED) is 0.506. The minimum Gasteiger partial charge on any atom is -0.353 e. The smallest absolute Gasteiger partial charge is 0.251 e. The zero-order valence-corrected chi connectivity index (χ0v) is 15.2. The molecule has 0 spiro atoms. The number of aryl methyl sites for hydroxylation is 1. The molecule has 26 heavy (non-hydrogen) atoms. The van der Waals surface area contributed by atoms with Crippen LogP contribution in [0, 0.1) is 6.92 Å². The lowest BCUT2D eigenvalue weighted by molar-refractivity contribution is -0.120. The molecule has 0 radical (unpaired) electrons. The van der Waals surface area contributed by atoms with Crippen LogP contribution in [0.15, 0.2) is 40.3 Å². The summed E-state index contributed by atoms with van der Waals surface area (Å²) in [6.07, 6.45) is 2.07. The molecular formula is C18H20N4O3S. The highest BCUT2D eigenvalue weighted by Crippen LogP contribution is 2.19. The van der Waals surface area contributed by atoms with E-state index in [0.29, 0.717) is 10.9 Å². The number of aromatic amines is 1. The van der Waals surface area contributed by atoms with Crippen LogP contribution in [0.1, 0.15) is 24.1 Å². The summed E-state index contributed by atoms with van der Waals surface area (Å²) in [6.45, 7) is 1.91. The molecule has 1 aromatic carbocycles. The number of carbonyl (C=O) groups is 2. The second-order valence-electron chi connectivity index (χ2n) is 6.21. The van der Waals surface area contributed by atoms with E-state index < -0.39 is 0 Å². The van der Waals surface area contributed by atoms with Gasteiger partial charge in [0, 0.05) is 17.8 Å². The molecule has 1 aliphatic carbocycles. The molecule has 0 bridgehead atoms. The van der Waals surface area contributed by atoms with E-state index in [1.807, 2.05) is 31.2 Å². The number of nitrogens with zero attached hydrogens (tertiary/aromatic N) is 1. The van der Waals surface area contributed by atoms with Gasteiger partial charge >= 0.3 is 0 Å². The second-order valence-corrected chi connectivity index (χ2v) is 7.18. The highest BCUT2D eigenvalue weighted by Gasteiger charge is 2.23. The van der Waals surface area contributed by atoms with Gasteiger partial charge in [0.05, 0.1) is 17.9 Å². The minimum absolute atomic E-state index is 0.0589. The Bertz CT molecular complexity index is 877. The van der Waals surface area contributed by atoms with Crippen molar-refractivity contribution in [2.45, 2.75) is 37.4 Å². The van der Waals surface area contributed by atoms with Gasteiger partial charge in [0.15, 0.2) is 5.16 Å². The van der Waals surface area contributed by atoms with Crippen LogP contribution in [0.4, 0.5) is 5.69 Å². The number of aromatic nitrogens is 2. The summed E-state index contributed by atoms with van der Waals surface area (Å²) in [4.78, 5) is 42.6. The van der Waals surface area contributed by atoms with E-state index in [9.17, 15) is 14.4 Å². The standard InChI is InChI=1S/C18H20N4O3S/c1-11-4-2-3-5-14(11)21-17(25)10-26-18-20-13(9-16(24)22-18)8-15(23)19-12-6-7-12/h2-5,9,12H,6-8,10H2,1H3,(H,19,23)(H,21,25)(H,20,22,24). The molecule has 7 nitrogen and oxygen atoms in total. The van der Waals surface area contributed by atoms with E-state index in [2.05, 4.69) is 20.6 Å². The molecule has 8 heteroatoms. The van der Waals surface area contributed by atoms with Crippen molar-refractivity contribution in [1.29, 1.82) is 0 Å². The van der Waals surface area contributed by atoms with Crippen LogP contribution < -0.4 is 16.2 Å². The van der Waals surface area contributed by atoms with Crippen molar-refractivity contribution >= 4 is 29.3 Å². The summed E-state index contributed by atoms with van der Waals surface area (Å²) >= 11 is 1.12. The molecule has 3 N–H and O–H groups in total. The maximum Gasteiger partial charge on any atom is 0.251 e. The van der Waals surface area contributed by atoms with Gasteiger partial charge in [-0.05, 0) is 31.4 Å². The van der Waals surface area contributed by atoms with E-state index in [0.717, 1.165) is 35.9 Å². The van der Waals surface area contributed by atoms with Crippen LogP contribution in [-0.4, -0.2) is 33.6 Å². The SMILES string of the molecule is Cc1ccccc1NC(=O)CSc1nc(CC(=O)NC2CC2)cc(=O)[nH]1. The fourth-order valence-electron chi connectivity index (χ4n) is 2.35. The first-order valence-electron chi connectivity index (χ1n) is 8.37. The van der Waals surface area contributed by atoms with Gasteiger partial charge in [0.2, 0.25) is 11.8 Å². The molecule has 2 amide bonds. The number of para-hydroxylation sites is 1. The Morgan fingerprint density at radius 2 is 2.04 bits per heavy atom. The van der Waals surface area contributed by atoms with Crippen molar-refractivity contribution in [3.8, 4) is 0 Å². The molecule has 1 heterocycles. The number of carbonyl (C=O) groups excluding carboxylic acids is 2. The summed E-state index contributed by atoms with van der Waals surface area (Å²) in [5.41, 5.74) is 1.79. The summed E-state index contributed by atoms with van der Waals surface area (Å²) in [5.74, 6) is -0.225. The van der Waals surface area contributed by atoms with Crippen LogP contribution >= 0.6 is 11.8 Å². The fraction of sp³-hybridized carbons (Fsp3) is 0.333. The monoisotopic (exact) mass is 372 g/mol. The van der Waals surface area contributed by atoms with Crippen LogP contribution in [0.5, 0.6) is 0 Å². The normalized spacial score (nSPS) is 13.3. The number of thioether (sulfide) groups is 1. The molecular weight excluding hydrogens is 352 g/mol. The summed E-state index contributed by atoms with van der Waals surface area (Å²) in [5, 5.41) is 6.01. The van der Waals surface area contributed by atoms with Crippen molar-refractivity contribution in [3.63, 3.8) is 0 Å². The highest BCUT2D eigenvalue weighted by molar-refractivity contribution is 7.99. The van der Waals surface area contributed by atoms with E-state index in [4.69, 9.17) is 0 Å². The molecule has 0 saturated heterocycles. The average molecular weight is 372 g/mol. The van der Waals surface area contributed by atoms with Gasteiger partial charge in [-0.25, -0.2) is 4.98 Å². The first-order valence-corrected chi connectivity index (χ1v) is 9.36. The van der Waals surface area contributed by atoms with Crippen molar-refractivity contribution in [2.24, 2.45) is 0 Å². The van der Waals surface area contributed by atoms with Crippen molar-refractivity contribution < 1.29 is 9.59 Å². The van der Waals surface area contributed by atoms with Gasteiger partial charge < -0.3 is 15.6 Å². The minimum atomic E-state index is -0.337. The predicted octanol–water partition coefficient (Wildman–Crippen LogP) is 1.63. The molecule has 1 fully saturated rings. The fourth-order valence-corrected chi connectivity index (χ4v) is 3.04. The number of anilines is 1. The van der Waals surface area contributed by atoms with Crippen LogP contribution in [0.2, 0.25) is 0 Å². The third-order valence-corrected chi connectivity index (χ3v) is 4.69. The maximum atomic E-state index is 12.1. The second kappa shape index (κ2) is 8.18. The number of amides is 2. The predicted molar refractivity (Wildman–Crippen MR) is 100 cm³/mol. The van der Waals surface area contributed by atoms with Crippen LogP contribution in [0.3, 0.4) is 0 Å². The topological polar surface area (TPSA) is 104 Å². The van der Waals surface area contributed by atoms with Gasteiger partial charge in [-0.1, -0.05) is 30.0 Å². The third-order valence-electron chi connectivity index (χ3n) is 3.82. The van der Waals surface area contributed by atoms with E-state index in [1.54, 1.807) is 0 Å². The number of benzene rings is 1. The highest BCUT2D eigenvalue weighted by atomic mass is 32.2. The maximum absolute atomic E-state index is 12.1. The first-order chi connectivity index (χ1) is 12.5. The van der Waals surface area contributed by atoms with Crippen LogP contribution in [-0.2, 0) is 16.0 Å². The third kappa shape index (κ3) is 5.45. The Kier molecular flexibility index (Phi) is 5.72. The Morgan fingerprint density at radius 1 is 1.27 bits per heavy atom. The van der Waals surface area contributed by atoms with E-state index in [1.165, 1.54) is 6.07 Å². The number of rotatable bonds is 7. The Labute approximate surface area is 155 Å². The molecule has 0 aliphatic heterocycles. The molecule has 136 valence electrons. The number of hydrogen-bond donors (Lipinski definition) is 3. The van der Waals surface area contributed by atoms with Gasteiger partial charge in [-0.15, -0.1) is 0 Å². The zero-order valence-electron chi connectivity index (χ0n) is 14.4. The molecule has 0 atom stereocenters. The lowest BCUT2D eigenvalue weighted by atomic mass is 10.2. The van der Waals surface area contributed by atoms with E-state index >= 15 is 0 Å². The first kappa shape index (κ1) is 18.2. The lowest BCUT2D eigenvalue weighted by Gasteiger charge is -2.08. The molecule has 1 aliphatic rings. The van der Waals surface area contributed by atoms with Gasteiger partial charge in [-0.3, -0.25) is 14.4 Å². The summed E-state index contributed by atoms with van der Waals surface area (Å²) < 4.78 is 0. The Morgan fingerprint density at radius 3 is 2.77 bits per heavy atom. The Balaban J connectivity index is 1.57. The van der Waals surface area contributed by atoms with Gasteiger partial charge in [0.1, 0.15) is 0 Å².